The molecular formula is C113H127N5O16Te12. The van der Waals surface area contributed by atoms with Crippen LogP contribution in [0.5, 0.6) is 5.75 Å². The fourth-order valence-corrected chi connectivity index (χ4v) is 37.4. The van der Waals surface area contributed by atoms with Gasteiger partial charge in [-0.3, -0.25) is 0 Å². The van der Waals surface area contributed by atoms with Gasteiger partial charge in [-0.1, -0.05) is 0 Å². The van der Waals surface area contributed by atoms with Crippen molar-refractivity contribution in [3.63, 3.8) is 0 Å². The van der Waals surface area contributed by atoms with Gasteiger partial charge in [-0.15, -0.1) is 0 Å². The zero-order valence-electron chi connectivity index (χ0n) is 83.1. The number of carboxylic acid groups (broad SMARTS) is 1. The molecule has 1 saturated heterocycles. The van der Waals surface area contributed by atoms with Gasteiger partial charge in [0, 0.05) is 0 Å². The van der Waals surface area contributed by atoms with E-state index in [2.05, 4.69) is 209 Å². The number of rotatable bonds is 35. The quantitative estimate of drug-likeness (QED) is 0.0144. The maximum atomic E-state index is 12.1. The van der Waals surface area contributed by atoms with Crippen LogP contribution < -0.4 is 15.4 Å². The van der Waals surface area contributed by atoms with E-state index in [0.717, 1.165) is 75.5 Å². The minimum atomic E-state index is -0.694. The summed E-state index contributed by atoms with van der Waals surface area (Å²) in [6.07, 6.45) is 20.0. The molecule has 3 aromatic carbocycles. The average molecular weight is 3340 g/mol. The van der Waals surface area contributed by atoms with Crippen LogP contribution in [0.2, 0.25) is 0 Å². The van der Waals surface area contributed by atoms with Gasteiger partial charge in [-0.25, -0.2) is 0 Å². The Hall–Kier alpha value is -5.12. The number of carboxylic acids is 1. The molecule has 8 amide bonds. The number of amides is 8. The van der Waals surface area contributed by atoms with Crippen LogP contribution in [0, 0.1) is 6.92 Å². The Morgan fingerprint density at radius 3 is 1.10 bits per heavy atom. The monoisotopic (exact) mass is 3370 g/mol. The van der Waals surface area contributed by atoms with E-state index in [1.165, 1.54) is 89.1 Å². The van der Waals surface area contributed by atoms with Gasteiger partial charge in [-0.2, -0.15) is 0 Å². The third-order valence-corrected chi connectivity index (χ3v) is 52.9. The van der Waals surface area contributed by atoms with Crippen molar-refractivity contribution in [3.05, 3.63) is 351 Å². The van der Waals surface area contributed by atoms with Gasteiger partial charge in [0.15, 0.2) is 0 Å². The van der Waals surface area contributed by atoms with E-state index < -0.39 is 29.9 Å². The molecule has 3 aliphatic heterocycles. The molecule has 18 rings (SSSR count). The summed E-state index contributed by atoms with van der Waals surface area (Å²) in [5.41, 5.74) is 3.35. The van der Waals surface area contributed by atoms with Crippen LogP contribution >= 0.6 is 0 Å². The molecule has 1 fully saturated rings. The molecule has 12 aromatic heterocycles. The van der Waals surface area contributed by atoms with Crippen LogP contribution in [-0.4, -0.2) is 363 Å². The van der Waals surface area contributed by atoms with E-state index >= 15 is 0 Å². The summed E-state index contributed by atoms with van der Waals surface area (Å²) >= 11 is 0.0610. The van der Waals surface area contributed by atoms with E-state index in [9.17, 15) is 57.5 Å². The number of ketones is 1. The number of aliphatic carboxylic acids is 1. The number of aryl methyl sites for hydroxylation is 10. The number of nitrogens with one attached hydrogen (secondary N) is 2. The van der Waals surface area contributed by atoms with Gasteiger partial charge in [-0.05, 0) is 0 Å². The van der Waals surface area contributed by atoms with Gasteiger partial charge in [0.25, 0.3) is 0 Å². The molecule has 15 aromatic rings. The topological polar surface area (TPSA) is 287 Å². The van der Waals surface area contributed by atoms with Crippen LogP contribution in [0.3, 0.4) is 0 Å². The molecule has 0 spiro atoms. The van der Waals surface area contributed by atoms with Gasteiger partial charge >= 0.3 is 991 Å². The molecule has 0 aliphatic carbocycles. The van der Waals surface area contributed by atoms with Crippen LogP contribution in [0.15, 0.2) is 286 Å². The van der Waals surface area contributed by atoms with E-state index in [-0.39, 0.29) is 306 Å². The molecule has 33 heteroatoms. The number of ether oxygens (including phenoxy) is 2. The summed E-state index contributed by atoms with van der Waals surface area (Å²) in [5, 5.41) is 14.7. The summed E-state index contributed by atoms with van der Waals surface area (Å²) in [7, 11) is 0. The summed E-state index contributed by atoms with van der Waals surface area (Å²) in [6.45, 7) is 17.0. The van der Waals surface area contributed by atoms with E-state index in [1.54, 1.807) is 64.6 Å². The number of Topliss-reactive ketones (excluding diaryl/α,β-unsaturated/α-hetero) is 1. The predicted octanol–water partition coefficient (Wildman–Crippen LogP) is 15.7. The van der Waals surface area contributed by atoms with Gasteiger partial charge in [0.05, 0.1) is 0 Å². The molecule has 772 valence electrons. The normalized spacial score (nSPS) is 11.5. The number of carbonyl (C=O) groups is 12. The standard InChI is InChI=1S/C14H11NO2Te.C14H15NOTe.C14H14O3Te.C11H11NO4Te.C11H11NO2Te.C8H11NOTe.C8H10OTe.C7H8O2Te.2C7H10Te.2C6H8Te/c16-13-11-5-1-2-6-12(11)14(17)15(13)8-7-10-4-3-9-18-10;16-14(9-8-13-7-4-10-17-13)15-11-12-5-2-1-3-6-12;1-11-4-6-12(7-5-11)17-14(15)16-9-8-13-3-2-10-18-13;13-9-4-5-10(14)12(9)16-11(15)6-3-8-2-1-7-17-8;13-10-5-6-11(14)12(10)7-1-3-9-4-2-8-15-9;1-7(10)9-5-4-8-3-2-6-11-8;1-7(9)4-5-8-3-2-6-10-8;8-7(9)4-3-6-2-1-5-10-6;2*1-2-4-7-5-3-6-8-7;2*1-2-6-4-3-5-7-6/h1-6,9H,7-8H2;1-7,10H,8-9,11H2,(H,15,16);2-7,10H,8-9H2,1H3;1-2,7H,3-6H2;2,4-6,8H,1,3,7H2;2-3,6H,4-5H2,1H3,(H,9,10);2-3,6H,4-5H2,1H3;1-2,5H,3-4H2,(H,8,9);2*3,5-6H,2,4H2,1H3;2*3-5H,2H2,1H3. The summed E-state index contributed by atoms with van der Waals surface area (Å²) < 4.78 is 55.4. The first-order valence-electron chi connectivity index (χ1n) is 47.9. The number of nitrogens with zero attached hydrogens (tertiary/aromatic N) is 3. The molecular weight excluding hydrogens is 3210 g/mol. The summed E-state index contributed by atoms with van der Waals surface area (Å²) in [6, 6.07) is 75.7. The first kappa shape index (κ1) is 128. The van der Waals surface area contributed by atoms with Crippen molar-refractivity contribution in [1.29, 1.82) is 0 Å². The third kappa shape index (κ3) is 56.6. The van der Waals surface area contributed by atoms with E-state index in [1.807, 2.05) is 73.7 Å². The molecule has 0 bridgehead atoms. The number of benzene rings is 3. The number of hydrogen-bond acceptors (Lipinski definition) is 15. The molecule has 146 heavy (non-hydrogen) atoms. The zero-order chi connectivity index (χ0) is 105. The van der Waals surface area contributed by atoms with Gasteiger partial charge in [0.2, 0.25) is 0 Å². The second-order valence-corrected chi connectivity index (χ2v) is 67.2. The molecule has 3 aliphatic rings. The Bertz CT molecular complexity index is 5900. The molecule has 0 saturated carbocycles. The number of hydroxylamine groups is 2. The first-order chi connectivity index (χ1) is 70.9. The third-order valence-electron chi connectivity index (χ3n) is 20.4. The van der Waals surface area contributed by atoms with Gasteiger partial charge in [0.1, 0.15) is 0 Å². The number of carbonyl (C=O) groups excluding carboxylic acids is 11. The Kier molecular flexibility index (Phi) is 69.1. The number of fused-ring (bicyclic) bond motifs is 1. The van der Waals surface area contributed by atoms with Crippen LogP contribution in [0.1, 0.15) is 174 Å². The minimum absolute atomic E-state index is 0.0128. The number of hydrogen-bond donors (Lipinski definition) is 3. The molecule has 21 nitrogen and oxygen atoms in total. The SMILES string of the molecule is CC(=O)CCc1ccc[te]1.CC(=O)NCCc1ccc[te]1.CCCc1ccc[te]1.CCCc1ccc[te]1.CCc1ccc[te]1.CCc1ccc[te]1.Cc1ccc(OC(=O)OCCc2ccc[te]2)cc1.O=C(CCc1ccc[te]1)NCc1ccccc1.O=C(CCc1ccc[te]1)ON1C(=O)CCC1=O.O=C(O)CCc1ccc[te]1.O=C1C=CC(=O)N1CCCc1ccc[te]1.O=C1c2ccccc2C(=O)N1CCc1ccc[te]1. The average Bonchev–Trinajstić information content (AvgIpc) is 1.64. The van der Waals surface area contributed by atoms with Crippen LogP contribution in [-0.2, 0) is 136 Å². The van der Waals surface area contributed by atoms with Gasteiger partial charge < -0.3 is 0 Å². The van der Waals surface area contributed by atoms with Crippen molar-refractivity contribution >= 4 is 316 Å². The zero-order valence-corrected chi connectivity index (χ0v) is 111. The van der Waals surface area contributed by atoms with E-state index in [0.29, 0.717) is 66.8 Å². The summed E-state index contributed by atoms with van der Waals surface area (Å²) in [4.78, 5) is 142. The van der Waals surface area contributed by atoms with Crippen molar-refractivity contribution in [2.24, 2.45) is 0 Å². The first-order valence-corrected chi connectivity index (χ1v) is 78.0. The van der Waals surface area contributed by atoms with E-state index in [4.69, 9.17) is 19.4 Å². The molecule has 0 radical (unpaired) electrons. The fraction of sp³-hybridized carbons (Fsp3) is 0.292. The van der Waals surface area contributed by atoms with Crippen LogP contribution in [0.4, 0.5) is 4.79 Å². The molecule has 15 heterocycles. The maximum absolute atomic E-state index is 12.1. The number of imide groups is 3. The molecule has 0 unspecified atom stereocenters. The Balaban J connectivity index is 0.000000219. The summed E-state index contributed by atoms with van der Waals surface area (Å²) in [5.74, 6) is -1.69. The Labute approximate surface area is 977 Å². The second-order valence-electron chi connectivity index (χ2n) is 31.9. The van der Waals surface area contributed by atoms with Crippen molar-refractivity contribution in [1.82, 2.24) is 25.5 Å². The fourth-order valence-electron chi connectivity index (χ4n) is 12.8. The van der Waals surface area contributed by atoms with Crippen molar-refractivity contribution in [2.75, 3.05) is 26.2 Å². The van der Waals surface area contributed by atoms with Crippen molar-refractivity contribution < 1.29 is 77.0 Å². The van der Waals surface area contributed by atoms with Crippen molar-refractivity contribution in [2.45, 2.75) is 190 Å². The molecule has 0 atom stereocenters. The predicted molar refractivity (Wildman–Crippen MR) is 593 cm³/mol. The Morgan fingerprint density at radius 1 is 0.363 bits per heavy atom. The Morgan fingerprint density at radius 2 is 0.726 bits per heavy atom. The second kappa shape index (κ2) is 78.9. The van der Waals surface area contributed by atoms with Crippen molar-refractivity contribution in [3.8, 4) is 5.75 Å². The van der Waals surface area contributed by atoms with Crippen LogP contribution in [0.25, 0.3) is 0 Å². The molecule has 3 N–H and O–H groups in total.